The van der Waals surface area contributed by atoms with E-state index in [-0.39, 0.29) is 5.75 Å². The molecule has 0 aliphatic rings. The lowest BCUT2D eigenvalue weighted by Gasteiger charge is -2.18. The summed E-state index contributed by atoms with van der Waals surface area (Å²) in [4.78, 5) is 27.2. The Labute approximate surface area is 300 Å². The van der Waals surface area contributed by atoms with Crippen LogP contribution in [0.15, 0.2) is 127 Å². The van der Waals surface area contributed by atoms with Crippen molar-refractivity contribution in [2.75, 3.05) is 6.61 Å². The third kappa shape index (κ3) is 8.86. The Kier molecular flexibility index (Phi) is 11.5. The molecular formula is C44H43N3O4. The maximum Gasteiger partial charge on any atom is 0.347 e. The van der Waals surface area contributed by atoms with Crippen LogP contribution in [0.4, 0.5) is 0 Å². The number of ether oxygens (including phenoxy) is 2. The van der Waals surface area contributed by atoms with Gasteiger partial charge >= 0.3 is 5.97 Å². The van der Waals surface area contributed by atoms with E-state index >= 15 is 0 Å². The molecule has 0 aliphatic carbocycles. The van der Waals surface area contributed by atoms with Crippen LogP contribution in [0, 0.1) is 5.92 Å². The van der Waals surface area contributed by atoms with Crippen LogP contribution < -0.4 is 4.74 Å². The molecule has 0 amide bonds. The second-order valence-corrected chi connectivity index (χ2v) is 12.7. The van der Waals surface area contributed by atoms with Gasteiger partial charge in [0.05, 0.1) is 12.2 Å². The Bertz CT molecular complexity index is 1930. The van der Waals surface area contributed by atoms with E-state index in [1.165, 1.54) is 6.07 Å². The van der Waals surface area contributed by atoms with Crippen molar-refractivity contribution in [2.24, 2.45) is 5.92 Å². The number of aromatic hydroxyl groups is 1. The van der Waals surface area contributed by atoms with Gasteiger partial charge in [-0.15, -0.1) is 0 Å². The smallest absolute Gasteiger partial charge is 0.347 e. The number of unbranched alkanes of at least 4 members (excludes halogenated alkanes) is 1. The average molecular weight is 678 g/mol. The minimum absolute atomic E-state index is 0.0827. The first-order valence-corrected chi connectivity index (χ1v) is 17.7. The minimum Gasteiger partial charge on any atom is -0.507 e. The predicted molar refractivity (Wildman–Crippen MR) is 203 cm³/mol. The van der Waals surface area contributed by atoms with Gasteiger partial charge < -0.3 is 14.6 Å². The van der Waals surface area contributed by atoms with Crippen molar-refractivity contribution in [3.63, 3.8) is 0 Å². The summed E-state index contributed by atoms with van der Waals surface area (Å²) in [7, 11) is 0. The molecule has 0 aliphatic heterocycles. The van der Waals surface area contributed by atoms with Gasteiger partial charge in [-0.05, 0) is 53.6 Å². The quantitative estimate of drug-likeness (QED) is 0.115. The van der Waals surface area contributed by atoms with E-state index in [0.29, 0.717) is 41.3 Å². The SMILES string of the molecule is CCCCC(CC)COC(=O)C(C)Oc1ccc(-c2nc(-c3ccc(-c4ccccc4)cc3)nc(-c3ccc(-c4ccccc4)cc3)n2)c(O)c1. The molecule has 2 atom stereocenters. The molecule has 1 heterocycles. The molecule has 0 radical (unpaired) electrons. The van der Waals surface area contributed by atoms with E-state index in [0.717, 1.165) is 59.1 Å². The molecule has 2 unspecified atom stereocenters. The first-order valence-electron chi connectivity index (χ1n) is 17.7. The zero-order valence-corrected chi connectivity index (χ0v) is 29.3. The third-order valence-corrected chi connectivity index (χ3v) is 9.00. The summed E-state index contributed by atoms with van der Waals surface area (Å²) in [6.45, 7) is 6.29. The van der Waals surface area contributed by atoms with Gasteiger partial charge in [0.15, 0.2) is 23.6 Å². The molecule has 51 heavy (non-hydrogen) atoms. The lowest BCUT2D eigenvalue weighted by molar-refractivity contribution is -0.152. The van der Waals surface area contributed by atoms with Crippen molar-refractivity contribution in [2.45, 2.75) is 52.6 Å². The molecule has 0 spiro atoms. The Balaban J connectivity index is 1.28. The lowest BCUT2D eigenvalue weighted by Crippen LogP contribution is -2.28. The van der Waals surface area contributed by atoms with Crippen LogP contribution in [0.25, 0.3) is 56.4 Å². The van der Waals surface area contributed by atoms with Crippen LogP contribution in [0.1, 0.15) is 46.5 Å². The van der Waals surface area contributed by atoms with Crippen LogP contribution in [-0.2, 0) is 9.53 Å². The molecule has 7 heteroatoms. The molecule has 6 rings (SSSR count). The maximum absolute atomic E-state index is 12.7. The summed E-state index contributed by atoms with van der Waals surface area (Å²) in [5, 5.41) is 11.2. The summed E-state index contributed by atoms with van der Waals surface area (Å²) in [6.07, 6.45) is 3.37. The van der Waals surface area contributed by atoms with Gasteiger partial charge in [-0.25, -0.2) is 19.7 Å². The second-order valence-electron chi connectivity index (χ2n) is 12.7. The highest BCUT2D eigenvalue weighted by Gasteiger charge is 2.20. The topological polar surface area (TPSA) is 94.4 Å². The van der Waals surface area contributed by atoms with E-state index in [4.69, 9.17) is 24.4 Å². The standard InChI is InChI=1S/C44H43N3O4/c1-4-6-13-31(5-2)29-50-44(49)30(3)51-38-26-27-39(40(48)28-38)43-46-41(36-22-18-34(19-23-36)32-14-9-7-10-15-32)45-42(47-43)37-24-20-35(21-25-37)33-16-11-8-12-17-33/h7-12,14-28,30-31,48H,4-6,13,29H2,1-3H3. The van der Waals surface area contributed by atoms with Crippen molar-refractivity contribution < 1.29 is 19.4 Å². The number of phenolic OH excluding ortho intramolecular Hbond substituents is 1. The van der Waals surface area contributed by atoms with Gasteiger partial charge in [-0.3, -0.25) is 0 Å². The number of nitrogens with zero attached hydrogens (tertiary/aromatic N) is 3. The Morgan fingerprint density at radius 2 is 1.14 bits per heavy atom. The fourth-order valence-electron chi connectivity index (χ4n) is 5.88. The number of hydrogen-bond acceptors (Lipinski definition) is 7. The molecule has 1 N–H and O–H groups in total. The Hall–Kier alpha value is -5.82. The molecule has 258 valence electrons. The van der Waals surface area contributed by atoms with Crippen LogP contribution in [-0.4, -0.2) is 38.7 Å². The molecule has 0 saturated heterocycles. The Morgan fingerprint density at radius 3 is 1.63 bits per heavy atom. The number of rotatable bonds is 14. The molecular weight excluding hydrogens is 635 g/mol. The minimum atomic E-state index is -0.841. The van der Waals surface area contributed by atoms with E-state index in [2.05, 4.69) is 38.1 Å². The zero-order chi connectivity index (χ0) is 35.6. The van der Waals surface area contributed by atoms with E-state index in [1.54, 1.807) is 19.1 Å². The van der Waals surface area contributed by atoms with Gasteiger partial charge in [0.2, 0.25) is 0 Å². The first-order chi connectivity index (χ1) is 24.9. The van der Waals surface area contributed by atoms with Crippen LogP contribution in [0.5, 0.6) is 11.5 Å². The normalized spacial score (nSPS) is 12.2. The average Bonchev–Trinajstić information content (AvgIpc) is 3.18. The van der Waals surface area contributed by atoms with Crippen molar-refractivity contribution >= 4 is 5.97 Å². The highest BCUT2D eigenvalue weighted by Crippen LogP contribution is 2.34. The molecule has 1 aromatic heterocycles. The van der Waals surface area contributed by atoms with Crippen molar-refractivity contribution in [3.8, 4) is 67.9 Å². The van der Waals surface area contributed by atoms with Gasteiger partial charge in [-0.1, -0.05) is 142 Å². The van der Waals surface area contributed by atoms with E-state index in [1.807, 2.05) is 84.9 Å². The first kappa shape index (κ1) is 35.0. The molecule has 0 saturated carbocycles. The van der Waals surface area contributed by atoms with Gasteiger partial charge in [-0.2, -0.15) is 0 Å². The van der Waals surface area contributed by atoms with Crippen LogP contribution in [0.2, 0.25) is 0 Å². The summed E-state index contributed by atoms with van der Waals surface area (Å²) < 4.78 is 11.5. The van der Waals surface area contributed by atoms with Gasteiger partial charge in [0.25, 0.3) is 0 Å². The summed E-state index contributed by atoms with van der Waals surface area (Å²) in [5.41, 5.74) is 6.43. The number of aromatic nitrogens is 3. The monoisotopic (exact) mass is 677 g/mol. The predicted octanol–water partition coefficient (Wildman–Crippen LogP) is 10.4. The van der Waals surface area contributed by atoms with Crippen molar-refractivity contribution in [3.05, 3.63) is 127 Å². The molecule has 7 nitrogen and oxygen atoms in total. The lowest BCUT2D eigenvalue weighted by atomic mass is 10.0. The third-order valence-electron chi connectivity index (χ3n) is 9.00. The summed E-state index contributed by atoms with van der Waals surface area (Å²) in [5.74, 6) is 1.41. The van der Waals surface area contributed by atoms with Crippen LogP contribution in [0.3, 0.4) is 0 Å². The van der Waals surface area contributed by atoms with Crippen molar-refractivity contribution in [1.82, 2.24) is 15.0 Å². The fraction of sp³-hybridized carbons (Fsp3) is 0.227. The molecule has 5 aromatic carbocycles. The molecule has 6 aromatic rings. The maximum atomic E-state index is 12.7. The summed E-state index contributed by atoms with van der Waals surface area (Å²) >= 11 is 0. The van der Waals surface area contributed by atoms with Gasteiger partial charge in [0.1, 0.15) is 11.5 Å². The molecule has 0 bridgehead atoms. The van der Waals surface area contributed by atoms with Crippen LogP contribution >= 0.6 is 0 Å². The number of hydrogen-bond donors (Lipinski definition) is 1. The summed E-state index contributed by atoms with van der Waals surface area (Å²) in [6, 6.07) is 41.4. The largest absolute Gasteiger partial charge is 0.507 e. The number of benzene rings is 5. The number of carbonyl (C=O) groups is 1. The number of carbonyl (C=O) groups excluding carboxylic acids is 1. The highest BCUT2D eigenvalue weighted by atomic mass is 16.6. The fourth-order valence-corrected chi connectivity index (χ4v) is 5.88. The van der Waals surface area contributed by atoms with E-state index in [9.17, 15) is 9.90 Å². The van der Waals surface area contributed by atoms with E-state index < -0.39 is 12.1 Å². The molecule has 0 fully saturated rings. The Morgan fingerprint density at radius 1 is 0.647 bits per heavy atom. The highest BCUT2D eigenvalue weighted by molar-refractivity contribution is 5.76. The number of esters is 1. The second kappa shape index (κ2) is 16.7. The number of phenols is 1. The zero-order valence-electron chi connectivity index (χ0n) is 29.3. The van der Waals surface area contributed by atoms with Crippen molar-refractivity contribution in [1.29, 1.82) is 0 Å². The van der Waals surface area contributed by atoms with Gasteiger partial charge in [0, 0.05) is 17.2 Å².